The molecular formula is C22H29N5O3S. The second-order valence-corrected chi connectivity index (χ2v) is 8.97. The molecule has 0 radical (unpaired) electrons. The Morgan fingerprint density at radius 3 is 2.55 bits per heavy atom. The third-order valence-corrected chi connectivity index (χ3v) is 6.08. The highest BCUT2D eigenvalue weighted by Gasteiger charge is 2.26. The van der Waals surface area contributed by atoms with Crippen LogP contribution in [-0.4, -0.2) is 63.3 Å². The van der Waals surface area contributed by atoms with Gasteiger partial charge in [0, 0.05) is 43.3 Å². The van der Waals surface area contributed by atoms with E-state index in [4.69, 9.17) is 0 Å². The van der Waals surface area contributed by atoms with Crippen LogP contribution in [0.5, 0.6) is 0 Å². The lowest BCUT2D eigenvalue weighted by Gasteiger charge is -2.32. The molecule has 0 unspecified atom stereocenters. The van der Waals surface area contributed by atoms with Crippen molar-refractivity contribution in [3.8, 4) is 0 Å². The Kier molecular flexibility index (Phi) is 7.73. The van der Waals surface area contributed by atoms with E-state index in [1.807, 2.05) is 36.9 Å². The minimum absolute atomic E-state index is 0.0288. The van der Waals surface area contributed by atoms with E-state index >= 15 is 0 Å². The third-order valence-electron chi connectivity index (χ3n) is 5.01. The van der Waals surface area contributed by atoms with Crippen molar-refractivity contribution in [1.29, 1.82) is 0 Å². The van der Waals surface area contributed by atoms with E-state index in [0.29, 0.717) is 37.1 Å². The largest absolute Gasteiger partial charge is 0.353 e. The first kappa shape index (κ1) is 22.9. The molecule has 2 aromatic rings. The summed E-state index contributed by atoms with van der Waals surface area (Å²) in [6, 6.07) is 7.51. The predicted octanol–water partition coefficient (Wildman–Crippen LogP) is 2.07. The van der Waals surface area contributed by atoms with Crippen molar-refractivity contribution < 1.29 is 14.4 Å². The Labute approximate surface area is 186 Å². The van der Waals surface area contributed by atoms with E-state index in [1.165, 1.54) is 11.8 Å². The van der Waals surface area contributed by atoms with Gasteiger partial charge in [-0.05, 0) is 38.8 Å². The van der Waals surface area contributed by atoms with Crippen molar-refractivity contribution in [3.05, 3.63) is 47.8 Å². The first-order valence-electron chi connectivity index (χ1n) is 10.4. The summed E-state index contributed by atoms with van der Waals surface area (Å²) >= 11 is 1.37. The number of amides is 3. The van der Waals surface area contributed by atoms with Crippen LogP contribution in [0.25, 0.3) is 0 Å². The summed E-state index contributed by atoms with van der Waals surface area (Å²) in [5.41, 5.74) is 1.15. The molecule has 1 aromatic carbocycles. The molecule has 3 rings (SSSR count). The van der Waals surface area contributed by atoms with E-state index in [2.05, 4.69) is 15.7 Å². The van der Waals surface area contributed by atoms with E-state index < -0.39 is 0 Å². The number of aryl methyl sites for hydroxylation is 1. The maximum Gasteiger partial charge on any atom is 0.254 e. The van der Waals surface area contributed by atoms with E-state index in [1.54, 1.807) is 30.2 Å². The number of carbonyl (C=O) groups is 3. The predicted molar refractivity (Wildman–Crippen MR) is 120 cm³/mol. The van der Waals surface area contributed by atoms with Gasteiger partial charge < -0.3 is 15.5 Å². The molecule has 0 bridgehead atoms. The molecule has 9 heteroatoms. The lowest BCUT2D eigenvalue weighted by Crippen LogP contribution is -2.46. The number of rotatable bonds is 7. The molecule has 1 fully saturated rings. The van der Waals surface area contributed by atoms with Crippen LogP contribution in [0.1, 0.15) is 47.4 Å². The van der Waals surface area contributed by atoms with E-state index in [-0.39, 0.29) is 35.6 Å². The zero-order valence-electron chi connectivity index (χ0n) is 18.1. The van der Waals surface area contributed by atoms with Crippen LogP contribution in [-0.2, 0) is 11.8 Å². The zero-order valence-corrected chi connectivity index (χ0v) is 18.9. The van der Waals surface area contributed by atoms with Gasteiger partial charge in [-0.25, -0.2) is 0 Å². The van der Waals surface area contributed by atoms with Gasteiger partial charge >= 0.3 is 0 Å². The minimum atomic E-state index is -0.140. The maximum absolute atomic E-state index is 13.1. The van der Waals surface area contributed by atoms with Crippen LogP contribution in [0.2, 0.25) is 0 Å². The van der Waals surface area contributed by atoms with Crippen molar-refractivity contribution in [2.24, 2.45) is 7.05 Å². The van der Waals surface area contributed by atoms with Crippen molar-refractivity contribution in [3.63, 3.8) is 0 Å². The van der Waals surface area contributed by atoms with Crippen molar-refractivity contribution >= 4 is 29.5 Å². The molecule has 0 atom stereocenters. The smallest absolute Gasteiger partial charge is 0.254 e. The molecule has 1 aliphatic heterocycles. The van der Waals surface area contributed by atoms with Gasteiger partial charge in [0.05, 0.1) is 23.1 Å². The molecule has 1 saturated heterocycles. The normalized spacial score (nSPS) is 14.5. The Morgan fingerprint density at radius 2 is 1.90 bits per heavy atom. The van der Waals surface area contributed by atoms with Crippen LogP contribution in [0.15, 0.2) is 41.6 Å². The van der Waals surface area contributed by atoms with E-state index in [0.717, 1.165) is 4.90 Å². The van der Waals surface area contributed by atoms with Gasteiger partial charge in [0.2, 0.25) is 5.91 Å². The molecule has 166 valence electrons. The van der Waals surface area contributed by atoms with Crippen LogP contribution in [0, 0.1) is 0 Å². The van der Waals surface area contributed by atoms with Crippen LogP contribution in [0.4, 0.5) is 0 Å². The second kappa shape index (κ2) is 10.5. The van der Waals surface area contributed by atoms with Gasteiger partial charge in [0.25, 0.3) is 11.8 Å². The molecule has 0 aliphatic carbocycles. The molecule has 0 spiro atoms. The highest BCUT2D eigenvalue weighted by molar-refractivity contribution is 8.00. The average Bonchev–Trinajstić information content (AvgIpc) is 3.18. The number of nitrogens with one attached hydrogen (secondary N) is 2. The lowest BCUT2D eigenvalue weighted by molar-refractivity contribution is -0.119. The van der Waals surface area contributed by atoms with E-state index in [9.17, 15) is 14.4 Å². The molecule has 31 heavy (non-hydrogen) atoms. The number of aromatic nitrogens is 2. The van der Waals surface area contributed by atoms with Crippen molar-refractivity contribution in [2.75, 3.05) is 18.8 Å². The molecule has 3 amide bonds. The van der Waals surface area contributed by atoms with Crippen molar-refractivity contribution in [1.82, 2.24) is 25.3 Å². The van der Waals surface area contributed by atoms with Gasteiger partial charge in [-0.1, -0.05) is 12.1 Å². The van der Waals surface area contributed by atoms with Gasteiger partial charge in [-0.2, -0.15) is 5.10 Å². The number of likely N-dealkylation sites (tertiary alicyclic amines) is 1. The quantitative estimate of drug-likeness (QED) is 0.639. The van der Waals surface area contributed by atoms with Gasteiger partial charge in [0.15, 0.2) is 0 Å². The molecule has 8 nitrogen and oxygen atoms in total. The molecule has 1 aromatic heterocycles. The topological polar surface area (TPSA) is 96.3 Å². The fourth-order valence-electron chi connectivity index (χ4n) is 3.48. The average molecular weight is 444 g/mol. The number of thioether (sulfide) groups is 1. The fraction of sp³-hybridized carbons (Fsp3) is 0.455. The Bertz CT molecular complexity index is 935. The molecular weight excluding hydrogens is 414 g/mol. The van der Waals surface area contributed by atoms with Crippen LogP contribution >= 0.6 is 11.8 Å². The van der Waals surface area contributed by atoms with Gasteiger partial charge in [-0.15, -0.1) is 11.8 Å². The third kappa shape index (κ3) is 6.33. The van der Waals surface area contributed by atoms with Crippen LogP contribution < -0.4 is 10.6 Å². The fourth-order valence-corrected chi connectivity index (χ4v) is 4.34. The lowest BCUT2D eigenvalue weighted by atomic mass is 10.0. The summed E-state index contributed by atoms with van der Waals surface area (Å²) in [5.74, 6) is 0.0430. The summed E-state index contributed by atoms with van der Waals surface area (Å²) in [6.07, 6.45) is 4.63. The zero-order chi connectivity index (χ0) is 22.4. The van der Waals surface area contributed by atoms with Gasteiger partial charge in [-0.3, -0.25) is 19.1 Å². The number of benzene rings is 1. The Morgan fingerprint density at radius 1 is 1.19 bits per heavy atom. The number of nitrogens with zero attached hydrogens (tertiary/aromatic N) is 3. The SMILES string of the molecule is CC(C)NC(=O)CSc1ccccc1C(=O)N1CCC(NC(=O)c2cnn(C)c2)CC1. The highest BCUT2D eigenvalue weighted by atomic mass is 32.2. The molecule has 2 N–H and O–H groups in total. The number of hydrogen-bond donors (Lipinski definition) is 2. The summed E-state index contributed by atoms with van der Waals surface area (Å²) in [7, 11) is 1.77. The molecule has 2 heterocycles. The molecule has 0 saturated carbocycles. The maximum atomic E-state index is 13.1. The standard InChI is InChI=1S/C22H29N5O3S/c1-15(2)24-20(28)14-31-19-7-5-4-6-18(19)22(30)27-10-8-17(9-11-27)25-21(29)16-12-23-26(3)13-16/h4-7,12-13,15,17H,8-11,14H2,1-3H3,(H,24,28)(H,25,29). The first-order chi connectivity index (χ1) is 14.8. The first-order valence-corrected chi connectivity index (χ1v) is 11.4. The monoisotopic (exact) mass is 443 g/mol. The Balaban J connectivity index is 1.54. The summed E-state index contributed by atoms with van der Waals surface area (Å²) in [6.45, 7) is 4.99. The summed E-state index contributed by atoms with van der Waals surface area (Å²) in [4.78, 5) is 40.0. The number of hydrogen-bond acceptors (Lipinski definition) is 5. The summed E-state index contributed by atoms with van der Waals surface area (Å²) < 4.78 is 1.60. The number of carbonyl (C=O) groups excluding carboxylic acids is 3. The molecule has 1 aliphatic rings. The van der Waals surface area contributed by atoms with Gasteiger partial charge in [0.1, 0.15) is 0 Å². The summed E-state index contributed by atoms with van der Waals surface area (Å²) in [5, 5.41) is 9.92. The second-order valence-electron chi connectivity index (χ2n) is 7.95. The number of piperidine rings is 1. The van der Waals surface area contributed by atoms with Crippen LogP contribution in [0.3, 0.4) is 0 Å². The van der Waals surface area contributed by atoms with Crippen molar-refractivity contribution in [2.45, 2.75) is 43.7 Å². The highest BCUT2D eigenvalue weighted by Crippen LogP contribution is 2.25. The Hall–Kier alpha value is -2.81. The minimum Gasteiger partial charge on any atom is -0.353 e.